The predicted molar refractivity (Wildman–Crippen MR) is 135 cm³/mol. The van der Waals surface area contributed by atoms with E-state index in [1.54, 1.807) is 42.5 Å². The van der Waals surface area contributed by atoms with Gasteiger partial charge in [-0.25, -0.2) is 4.79 Å². The average molecular weight is 501 g/mol. The Hall–Kier alpha value is -4.79. The van der Waals surface area contributed by atoms with Crippen molar-refractivity contribution in [3.8, 4) is 23.0 Å². The summed E-state index contributed by atoms with van der Waals surface area (Å²) in [6.45, 7) is 0.231. The molecule has 0 fully saturated rings. The van der Waals surface area contributed by atoms with Gasteiger partial charge < -0.3 is 23.9 Å². The number of amides is 2. The highest BCUT2D eigenvalue weighted by Gasteiger charge is 2.34. The first kappa shape index (κ1) is 23.9. The summed E-state index contributed by atoms with van der Waals surface area (Å²) in [5, 5.41) is 0.826. The zero-order valence-corrected chi connectivity index (χ0v) is 20.5. The van der Waals surface area contributed by atoms with Gasteiger partial charge in [-0.1, -0.05) is 12.1 Å². The third-order valence-electron chi connectivity index (χ3n) is 6.33. The molecule has 0 unspecified atom stereocenters. The molecular weight excluding hydrogens is 476 g/mol. The van der Waals surface area contributed by atoms with Gasteiger partial charge in [0.1, 0.15) is 5.75 Å². The third kappa shape index (κ3) is 4.24. The lowest BCUT2D eigenvalue weighted by atomic mass is 10.1. The molecule has 9 heteroatoms. The van der Waals surface area contributed by atoms with Crippen molar-refractivity contribution in [1.82, 2.24) is 9.88 Å². The van der Waals surface area contributed by atoms with Crippen molar-refractivity contribution in [1.29, 1.82) is 0 Å². The van der Waals surface area contributed by atoms with Gasteiger partial charge in [-0.15, -0.1) is 0 Å². The first-order chi connectivity index (χ1) is 17.9. The molecule has 1 aliphatic heterocycles. The lowest BCUT2D eigenvalue weighted by molar-refractivity contribution is 0.0654. The molecule has 3 aromatic carbocycles. The van der Waals surface area contributed by atoms with Crippen LogP contribution in [0.5, 0.6) is 23.0 Å². The van der Waals surface area contributed by atoms with Crippen LogP contribution in [-0.4, -0.2) is 55.5 Å². The van der Waals surface area contributed by atoms with Crippen molar-refractivity contribution in [2.24, 2.45) is 0 Å². The van der Waals surface area contributed by atoms with Crippen LogP contribution in [-0.2, 0) is 6.42 Å². The monoisotopic (exact) mass is 500 g/mol. The van der Waals surface area contributed by atoms with Crippen molar-refractivity contribution in [3.05, 3.63) is 83.0 Å². The third-order valence-corrected chi connectivity index (χ3v) is 6.33. The van der Waals surface area contributed by atoms with Crippen LogP contribution in [0.3, 0.4) is 0 Å². The van der Waals surface area contributed by atoms with E-state index >= 15 is 0 Å². The quantitative estimate of drug-likeness (QED) is 0.219. The molecule has 1 aliphatic rings. The Morgan fingerprint density at radius 1 is 0.865 bits per heavy atom. The fourth-order valence-corrected chi connectivity index (χ4v) is 4.47. The number of carbonyl (C=O) groups is 3. The molecule has 0 saturated heterocycles. The Labute approximate surface area is 212 Å². The minimum absolute atomic E-state index is 0.231. The Balaban J connectivity index is 1.35. The number of aromatic nitrogens is 1. The molecular formula is C28H24N2O7. The number of hydrogen-bond donors (Lipinski definition) is 1. The smallest absolute Gasteiger partial charge is 0.343 e. The maximum absolute atomic E-state index is 12.9. The second kappa shape index (κ2) is 9.69. The number of imide groups is 1. The number of methoxy groups -OCH3 is 3. The van der Waals surface area contributed by atoms with Crippen LogP contribution in [0.15, 0.2) is 60.8 Å². The lowest BCUT2D eigenvalue weighted by Crippen LogP contribution is -2.31. The first-order valence-electron chi connectivity index (χ1n) is 11.5. The fourth-order valence-electron chi connectivity index (χ4n) is 4.47. The van der Waals surface area contributed by atoms with Crippen molar-refractivity contribution >= 4 is 28.7 Å². The van der Waals surface area contributed by atoms with Crippen LogP contribution in [0.4, 0.5) is 0 Å². The highest BCUT2D eigenvalue weighted by atomic mass is 16.5. The van der Waals surface area contributed by atoms with Crippen molar-refractivity contribution < 1.29 is 33.3 Å². The summed E-state index contributed by atoms with van der Waals surface area (Å²) in [7, 11) is 4.42. The van der Waals surface area contributed by atoms with E-state index in [2.05, 4.69) is 4.98 Å². The fraction of sp³-hybridized carbons (Fsp3) is 0.179. The molecule has 4 aromatic rings. The summed E-state index contributed by atoms with van der Waals surface area (Å²) in [4.78, 5) is 42.7. The minimum Gasteiger partial charge on any atom is -0.493 e. The Bertz CT molecular complexity index is 1480. The summed E-state index contributed by atoms with van der Waals surface area (Å²) < 4.78 is 21.6. The van der Waals surface area contributed by atoms with Gasteiger partial charge in [0.25, 0.3) is 11.8 Å². The highest BCUT2D eigenvalue weighted by molar-refractivity contribution is 6.21. The van der Waals surface area contributed by atoms with Crippen LogP contribution < -0.4 is 18.9 Å². The van der Waals surface area contributed by atoms with Crippen LogP contribution in [0.25, 0.3) is 10.9 Å². The molecule has 0 saturated carbocycles. The number of H-pyrrole nitrogens is 1. The molecule has 1 aromatic heterocycles. The van der Waals surface area contributed by atoms with Gasteiger partial charge in [0.2, 0.25) is 5.75 Å². The topological polar surface area (TPSA) is 107 Å². The van der Waals surface area contributed by atoms with Gasteiger partial charge in [-0.3, -0.25) is 14.5 Å². The van der Waals surface area contributed by atoms with Gasteiger partial charge in [0.15, 0.2) is 11.5 Å². The average Bonchev–Trinajstić information content (AvgIpc) is 3.44. The molecule has 5 rings (SSSR count). The molecule has 0 bridgehead atoms. The van der Waals surface area contributed by atoms with E-state index in [-0.39, 0.29) is 23.9 Å². The van der Waals surface area contributed by atoms with Crippen LogP contribution in [0.2, 0.25) is 0 Å². The van der Waals surface area contributed by atoms with Gasteiger partial charge >= 0.3 is 5.97 Å². The number of esters is 1. The largest absolute Gasteiger partial charge is 0.493 e. The highest BCUT2D eigenvalue weighted by Crippen LogP contribution is 2.38. The lowest BCUT2D eigenvalue weighted by Gasteiger charge is -2.14. The van der Waals surface area contributed by atoms with Crippen molar-refractivity contribution in [2.45, 2.75) is 6.42 Å². The number of rotatable bonds is 8. The SMILES string of the molecule is COc1cc(C(=O)Oc2ccc3[nH]cc(CCN4C(=O)c5ccccc5C4=O)c3c2)cc(OC)c1OC. The van der Waals surface area contributed by atoms with E-state index in [1.165, 1.54) is 38.4 Å². The van der Waals surface area contributed by atoms with Gasteiger partial charge in [-0.2, -0.15) is 0 Å². The summed E-state index contributed by atoms with van der Waals surface area (Å²) in [6, 6.07) is 15.1. The molecule has 0 aliphatic carbocycles. The number of ether oxygens (including phenoxy) is 4. The molecule has 0 spiro atoms. The molecule has 2 heterocycles. The predicted octanol–water partition coefficient (Wildman–Crippen LogP) is 4.25. The zero-order chi connectivity index (χ0) is 26.1. The number of fused-ring (bicyclic) bond motifs is 2. The number of carbonyl (C=O) groups excluding carboxylic acids is 3. The van der Waals surface area contributed by atoms with Gasteiger partial charge in [0, 0.05) is 23.6 Å². The Kier molecular flexibility index (Phi) is 6.27. The molecule has 9 nitrogen and oxygen atoms in total. The van der Waals surface area contributed by atoms with Gasteiger partial charge in [-0.05, 0) is 54.4 Å². The second-order valence-electron chi connectivity index (χ2n) is 8.38. The zero-order valence-electron chi connectivity index (χ0n) is 20.5. The number of aromatic amines is 1. The summed E-state index contributed by atoms with van der Waals surface area (Å²) in [5.41, 5.74) is 2.80. The van der Waals surface area contributed by atoms with Crippen LogP contribution in [0, 0.1) is 0 Å². The molecule has 37 heavy (non-hydrogen) atoms. The minimum atomic E-state index is -0.596. The Morgan fingerprint density at radius 2 is 1.51 bits per heavy atom. The molecule has 0 atom stereocenters. The van der Waals surface area contributed by atoms with Gasteiger partial charge in [0.05, 0.1) is 38.0 Å². The van der Waals surface area contributed by atoms with Crippen LogP contribution in [0.1, 0.15) is 36.6 Å². The normalized spacial score (nSPS) is 12.6. The maximum atomic E-state index is 12.9. The van der Waals surface area contributed by atoms with Crippen molar-refractivity contribution in [2.75, 3.05) is 27.9 Å². The molecule has 188 valence electrons. The first-order valence-corrected chi connectivity index (χ1v) is 11.5. The summed E-state index contributed by atoms with van der Waals surface area (Å²) in [6.07, 6.45) is 2.27. The van der Waals surface area contributed by atoms with E-state index in [4.69, 9.17) is 18.9 Å². The molecule has 1 N–H and O–H groups in total. The molecule has 0 radical (unpaired) electrons. The summed E-state index contributed by atoms with van der Waals surface area (Å²) >= 11 is 0. The maximum Gasteiger partial charge on any atom is 0.343 e. The van der Waals surface area contributed by atoms with E-state index in [0.29, 0.717) is 40.5 Å². The van der Waals surface area contributed by atoms with E-state index in [9.17, 15) is 14.4 Å². The van der Waals surface area contributed by atoms with Crippen LogP contribution >= 0.6 is 0 Å². The van der Waals surface area contributed by atoms with E-state index in [1.807, 2.05) is 6.20 Å². The number of hydrogen-bond acceptors (Lipinski definition) is 7. The number of nitrogens with one attached hydrogen (secondary N) is 1. The second-order valence-corrected chi connectivity index (χ2v) is 8.38. The standard InChI is InChI=1S/C28H24N2O7/c1-34-23-12-17(13-24(35-2)25(23)36-3)28(33)37-18-8-9-22-21(14-18)16(15-29-22)10-11-30-26(31)19-6-4-5-7-20(19)27(30)32/h4-9,12-15,29H,10-11H2,1-3H3. The van der Waals surface area contributed by atoms with E-state index < -0.39 is 5.97 Å². The van der Waals surface area contributed by atoms with E-state index in [0.717, 1.165) is 16.5 Å². The number of benzene rings is 3. The Morgan fingerprint density at radius 3 is 2.11 bits per heavy atom. The molecule has 2 amide bonds. The van der Waals surface area contributed by atoms with Crippen molar-refractivity contribution in [3.63, 3.8) is 0 Å². The summed E-state index contributed by atoms with van der Waals surface area (Å²) in [5.74, 6) is 0.212. The number of nitrogens with zero attached hydrogens (tertiary/aromatic N) is 1.